The van der Waals surface area contributed by atoms with Crippen LogP contribution in [0.3, 0.4) is 0 Å². The first-order chi connectivity index (χ1) is 10.4. The van der Waals surface area contributed by atoms with Crippen molar-refractivity contribution in [3.63, 3.8) is 0 Å². The second-order valence-electron chi connectivity index (χ2n) is 7.55. The van der Waals surface area contributed by atoms with Gasteiger partial charge >= 0.3 is 0 Å². The van der Waals surface area contributed by atoms with E-state index in [1.54, 1.807) is 5.57 Å². The first kappa shape index (κ1) is 15.1. The molecule has 0 heterocycles. The molecule has 0 unspecified atom stereocenters. The normalized spacial score (nSPS) is 14.0. The Hall–Kier alpha value is -1.82. The minimum atomic E-state index is 0.211. The Bertz CT molecular complexity index is 722. The molecular weight excluding hydrogens is 264 g/mol. The number of aryl methyl sites for hydroxylation is 1. The maximum atomic E-state index is 2.40. The van der Waals surface area contributed by atoms with Crippen molar-refractivity contribution in [2.75, 3.05) is 0 Å². The highest BCUT2D eigenvalue weighted by molar-refractivity contribution is 5.81. The molecule has 0 spiro atoms. The summed E-state index contributed by atoms with van der Waals surface area (Å²) in [5, 5.41) is 0. The Morgan fingerprint density at radius 3 is 2.27 bits per heavy atom. The molecule has 2 aromatic carbocycles. The average Bonchev–Trinajstić information content (AvgIpc) is 2.88. The molecule has 0 N–H and O–H groups in total. The molecule has 0 saturated heterocycles. The third-order valence-electron chi connectivity index (χ3n) is 4.69. The van der Waals surface area contributed by atoms with E-state index in [0.717, 1.165) is 12.8 Å². The third kappa shape index (κ3) is 2.75. The van der Waals surface area contributed by atoms with Crippen molar-refractivity contribution >= 4 is 6.08 Å². The standard InChI is InChI=1S/C22H26/c1-6-16-13-18-11-15(2)12-20(21(18)14-16)17-7-9-19(10-8-17)22(3,4)5/h7-12,14H,6,13H2,1-5H3. The summed E-state index contributed by atoms with van der Waals surface area (Å²) in [5.41, 5.74) is 10.2. The van der Waals surface area contributed by atoms with Crippen molar-refractivity contribution in [3.8, 4) is 11.1 Å². The van der Waals surface area contributed by atoms with Gasteiger partial charge in [-0.3, -0.25) is 0 Å². The average molecular weight is 290 g/mol. The van der Waals surface area contributed by atoms with Crippen LogP contribution in [-0.4, -0.2) is 0 Å². The summed E-state index contributed by atoms with van der Waals surface area (Å²) in [6.45, 7) is 11.3. The van der Waals surface area contributed by atoms with Gasteiger partial charge in [-0.25, -0.2) is 0 Å². The monoisotopic (exact) mass is 290 g/mol. The summed E-state index contributed by atoms with van der Waals surface area (Å²) in [6, 6.07) is 13.8. The van der Waals surface area contributed by atoms with Gasteiger partial charge in [0.1, 0.15) is 0 Å². The van der Waals surface area contributed by atoms with E-state index in [-0.39, 0.29) is 5.41 Å². The summed E-state index contributed by atoms with van der Waals surface area (Å²) in [7, 11) is 0. The van der Waals surface area contributed by atoms with Crippen LogP contribution in [0.4, 0.5) is 0 Å². The van der Waals surface area contributed by atoms with Crippen LogP contribution in [0, 0.1) is 6.92 Å². The quantitative estimate of drug-likeness (QED) is 0.608. The highest BCUT2D eigenvalue weighted by atomic mass is 14.2. The van der Waals surface area contributed by atoms with Crippen molar-refractivity contribution in [1.82, 2.24) is 0 Å². The summed E-state index contributed by atoms with van der Waals surface area (Å²) in [5.74, 6) is 0. The zero-order valence-electron chi connectivity index (χ0n) is 14.5. The van der Waals surface area contributed by atoms with E-state index < -0.39 is 0 Å². The van der Waals surface area contributed by atoms with E-state index >= 15 is 0 Å². The summed E-state index contributed by atoms with van der Waals surface area (Å²) in [6.07, 6.45) is 4.68. The van der Waals surface area contributed by atoms with E-state index in [2.05, 4.69) is 77.1 Å². The molecule has 0 heteroatoms. The molecule has 0 aliphatic heterocycles. The van der Waals surface area contributed by atoms with Crippen molar-refractivity contribution in [2.45, 2.75) is 52.9 Å². The fraction of sp³-hybridized carbons (Fsp3) is 0.364. The van der Waals surface area contributed by atoms with Gasteiger partial charge in [0, 0.05) is 0 Å². The predicted molar refractivity (Wildman–Crippen MR) is 97.3 cm³/mol. The van der Waals surface area contributed by atoms with Gasteiger partial charge in [0.15, 0.2) is 0 Å². The van der Waals surface area contributed by atoms with Crippen molar-refractivity contribution in [1.29, 1.82) is 0 Å². The molecule has 0 nitrogen and oxygen atoms in total. The van der Waals surface area contributed by atoms with Gasteiger partial charge in [0.25, 0.3) is 0 Å². The minimum absolute atomic E-state index is 0.211. The second-order valence-corrected chi connectivity index (χ2v) is 7.55. The molecule has 0 atom stereocenters. The lowest BCUT2D eigenvalue weighted by Crippen LogP contribution is -2.10. The van der Waals surface area contributed by atoms with Gasteiger partial charge in [0.2, 0.25) is 0 Å². The molecule has 1 aliphatic rings. The van der Waals surface area contributed by atoms with Crippen LogP contribution in [0.15, 0.2) is 42.0 Å². The van der Waals surface area contributed by atoms with Gasteiger partial charge < -0.3 is 0 Å². The van der Waals surface area contributed by atoms with Gasteiger partial charge in [0.05, 0.1) is 0 Å². The maximum Gasteiger partial charge on any atom is -0.00576 e. The Kier molecular flexibility index (Phi) is 3.72. The Balaban J connectivity index is 2.08. The van der Waals surface area contributed by atoms with Gasteiger partial charge in [-0.2, -0.15) is 0 Å². The van der Waals surface area contributed by atoms with Crippen LogP contribution < -0.4 is 0 Å². The van der Waals surface area contributed by atoms with Gasteiger partial charge in [-0.05, 0) is 53.0 Å². The Labute approximate surface area is 134 Å². The van der Waals surface area contributed by atoms with Crippen LogP contribution >= 0.6 is 0 Å². The molecule has 0 aromatic heterocycles. The largest absolute Gasteiger partial charge is 0.0655 e. The molecule has 1 aliphatic carbocycles. The smallest absolute Gasteiger partial charge is 0.00576 e. The molecule has 114 valence electrons. The zero-order valence-corrected chi connectivity index (χ0v) is 14.5. The number of allylic oxidation sites excluding steroid dienone is 1. The van der Waals surface area contributed by atoms with Gasteiger partial charge in [-0.15, -0.1) is 0 Å². The zero-order chi connectivity index (χ0) is 15.9. The predicted octanol–water partition coefficient (Wildman–Crippen LogP) is 6.31. The molecular formula is C22H26. The SMILES string of the molecule is CCC1=Cc2c(cc(C)cc2-c2ccc(C(C)(C)C)cc2)C1. The van der Waals surface area contributed by atoms with Gasteiger partial charge in [-0.1, -0.05) is 81.3 Å². The molecule has 0 bridgehead atoms. The van der Waals surface area contributed by atoms with E-state index in [4.69, 9.17) is 0 Å². The molecule has 22 heavy (non-hydrogen) atoms. The number of hydrogen-bond acceptors (Lipinski definition) is 0. The highest BCUT2D eigenvalue weighted by Crippen LogP contribution is 2.36. The molecule has 0 amide bonds. The number of rotatable bonds is 2. The molecule has 2 aromatic rings. The fourth-order valence-corrected chi connectivity index (χ4v) is 3.30. The maximum absolute atomic E-state index is 2.40. The minimum Gasteiger partial charge on any atom is -0.0655 e. The number of hydrogen-bond donors (Lipinski definition) is 0. The lowest BCUT2D eigenvalue weighted by molar-refractivity contribution is 0.590. The Morgan fingerprint density at radius 2 is 1.68 bits per heavy atom. The van der Waals surface area contributed by atoms with E-state index in [9.17, 15) is 0 Å². The highest BCUT2D eigenvalue weighted by Gasteiger charge is 2.18. The third-order valence-corrected chi connectivity index (χ3v) is 4.69. The first-order valence-electron chi connectivity index (χ1n) is 8.32. The number of fused-ring (bicyclic) bond motifs is 1. The van der Waals surface area contributed by atoms with Crippen LogP contribution in [0.2, 0.25) is 0 Å². The van der Waals surface area contributed by atoms with Crippen LogP contribution in [0.1, 0.15) is 56.4 Å². The van der Waals surface area contributed by atoms with E-state index in [1.165, 1.54) is 33.4 Å². The lowest BCUT2D eigenvalue weighted by Gasteiger charge is -2.19. The van der Waals surface area contributed by atoms with Crippen LogP contribution in [-0.2, 0) is 11.8 Å². The molecule has 3 rings (SSSR count). The van der Waals surface area contributed by atoms with E-state index in [1.807, 2.05) is 0 Å². The summed E-state index contributed by atoms with van der Waals surface area (Å²) >= 11 is 0. The lowest BCUT2D eigenvalue weighted by atomic mass is 9.85. The molecule has 0 saturated carbocycles. The molecule has 0 radical (unpaired) electrons. The van der Waals surface area contributed by atoms with Crippen LogP contribution in [0.5, 0.6) is 0 Å². The summed E-state index contributed by atoms with van der Waals surface area (Å²) < 4.78 is 0. The topological polar surface area (TPSA) is 0 Å². The Morgan fingerprint density at radius 1 is 1.00 bits per heavy atom. The fourth-order valence-electron chi connectivity index (χ4n) is 3.30. The van der Waals surface area contributed by atoms with Crippen molar-refractivity contribution < 1.29 is 0 Å². The van der Waals surface area contributed by atoms with E-state index in [0.29, 0.717) is 0 Å². The van der Waals surface area contributed by atoms with Crippen molar-refractivity contribution in [2.24, 2.45) is 0 Å². The summed E-state index contributed by atoms with van der Waals surface area (Å²) in [4.78, 5) is 0. The van der Waals surface area contributed by atoms with Crippen molar-refractivity contribution in [3.05, 3.63) is 64.2 Å². The first-order valence-corrected chi connectivity index (χ1v) is 8.32. The molecule has 0 fully saturated rings. The number of benzene rings is 2. The van der Waals surface area contributed by atoms with Crippen LogP contribution in [0.25, 0.3) is 17.2 Å². The second kappa shape index (κ2) is 5.43.